The minimum atomic E-state index is 0.632. The molecule has 0 bridgehead atoms. The molecule has 3 aromatic heterocycles. The molecule has 0 spiro atoms. The summed E-state index contributed by atoms with van der Waals surface area (Å²) in [6.45, 7) is 0. The average molecular weight is 614 g/mol. The maximum absolute atomic E-state index is 6.20. The maximum atomic E-state index is 6.20. The van der Waals surface area contributed by atoms with Crippen molar-refractivity contribution in [1.29, 1.82) is 0 Å². The lowest BCUT2D eigenvalue weighted by Gasteiger charge is -2.14. The maximum Gasteiger partial charge on any atom is 0.235 e. The number of hydrogen-bond acceptors (Lipinski definition) is 3. The topological polar surface area (TPSA) is 43.9 Å². The molecule has 0 saturated carbocycles. The number of nitrogens with zero attached hydrogens (tertiary/aromatic N) is 3. The van der Waals surface area contributed by atoms with Crippen molar-refractivity contribution in [2.75, 3.05) is 0 Å². The van der Waals surface area contributed by atoms with Crippen LogP contribution in [0.3, 0.4) is 0 Å². The van der Waals surface area contributed by atoms with Gasteiger partial charge in [0.05, 0.1) is 22.4 Å². The molecule has 10 aromatic rings. The van der Waals surface area contributed by atoms with Crippen molar-refractivity contribution in [3.8, 4) is 39.6 Å². The van der Waals surface area contributed by atoms with Gasteiger partial charge in [0.1, 0.15) is 11.2 Å². The monoisotopic (exact) mass is 613 g/mol. The summed E-state index contributed by atoms with van der Waals surface area (Å²) in [6.07, 6.45) is 0. The van der Waals surface area contributed by atoms with Crippen molar-refractivity contribution in [1.82, 2.24) is 14.5 Å². The quantitative estimate of drug-likeness (QED) is 0.198. The van der Waals surface area contributed by atoms with Gasteiger partial charge in [-0.05, 0) is 52.7 Å². The molecule has 0 amide bonds. The third kappa shape index (κ3) is 4.16. The number of benzene rings is 7. The Morgan fingerprint density at radius 1 is 0.417 bits per heavy atom. The first kappa shape index (κ1) is 26.7. The van der Waals surface area contributed by atoms with E-state index >= 15 is 0 Å². The SMILES string of the molecule is c1ccc(-c2cc(-c3ccccc3)nc(-n3c4cc5ccccc5cc4c4cccc(-c5ccc6oc7ccccc7c6c5)c43)n2)cc1. The van der Waals surface area contributed by atoms with E-state index in [1.807, 2.05) is 24.3 Å². The number of aromatic nitrogens is 3. The van der Waals surface area contributed by atoms with Crippen LogP contribution in [-0.4, -0.2) is 14.5 Å². The van der Waals surface area contributed by atoms with E-state index in [1.165, 1.54) is 10.8 Å². The Hall–Kier alpha value is -6.52. The van der Waals surface area contributed by atoms with Crippen LogP contribution < -0.4 is 0 Å². The molecule has 7 aromatic carbocycles. The molecule has 0 radical (unpaired) electrons. The van der Waals surface area contributed by atoms with Crippen molar-refractivity contribution in [2.24, 2.45) is 0 Å². The van der Waals surface area contributed by atoms with Gasteiger partial charge in [0, 0.05) is 38.2 Å². The predicted molar refractivity (Wildman–Crippen MR) is 197 cm³/mol. The zero-order chi connectivity index (χ0) is 31.6. The van der Waals surface area contributed by atoms with Gasteiger partial charge in [0.2, 0.25) is 5.95 Å². The Morgan fingerprint density at radius 3 is 1.79 bits per heavy atom. The lowest BCUT2D eigenvalue weighted by atomic mass is 9.99. The smallest absolute Gasteiger partial charge is 0.235 e. The minimum absolute atomic E-state index is 0.632. The lowest BCUT2D eigenvalue weighted by Crippen LogP contribution is -2.04. The Balaban J connectivity index is 1.33. The van der Waals surface area contributed by atoms with Gasteiger partial charge < -0.3 is 4.42 Å². The highest BCUT2D eigenvalue weighted by atomic mass is 16.3. The normalized spacial score (nSPS) is 11.8. The van der Waals surface area contributed by atoms with Crippen molar-refractivity contribution in [3.05, 3.63) is 164 Å². The van der Waals surface area contributed by atoms with E-state index in [2.05, 4.69) is 144 Å². The zero-order valence-electron chi connectivity index (χ0n) is 25.8. The van der Waals surface area contributed by atoms with Gasteiger partial charge in [-0.25, -0.2) is 9.97 Å². The summed E-state index contributed by atoms with van der Waals surface area (Å²) < 4.78 is 8.47. The Morgan fingerprint density at radius 2 is 1.04 bits per heavy atom. The molecule has 0 fully saturated rings. The fourth-order valence-electron chi connectivity index (χ4n) is 7.13. The second-order valence-corrected chi connectivity index (χ2v) is 12.2. The van der Waals surface area contributed by atoms with Gasteiger partial charge in [-0.15, -0.1) is 0 Å². The summed E-state index contributed by atoms with van der Waals surface area (Å²) in [5.41, 5.74) is 9.95. The van der Waals surface area contributed by atoms with Crippen LogP contribution in [0.4, 0.5) is 0 Å². The fourth-order valence-corrected chi connectivity index (χ4v) is 7.13. The van der Waals surface area contributed by atoms with Crippen LogP contribution in [0.15, 0.2) is 168 Å². The molecule has 0 aliphatic carbocycles. The summed E-state index contributed by atoms with van der Waals surface area (Å²) in [7, 11) is 0. The van der Waals surface area contributed by atoms with Gasteiger partial charge >= 0.3 is 0 Å². The molecule has 48 heavy (non-hydrogen) atoms. The number of fused-ring (bicyclic) bond motifs is 7. The van der Waals surface area contributed by atoms with E-state index in [0.717, 1.165) is 77.4 Å². The minimum Gasteiger partial charge on any atom is -0.456 e. The summed E-state index contributed by atoms with van der Waals surface area (Å²) in [5.74, 6) is 0.632. The highest BCUT2D eigenvalue weighted by molar-refractivity contribution is 6.17. The molecule has 0 unspecified atom stereocenters. The fraction of sp³-hybridized carbons (Fsp3) is 0. The molecule has 4 nitrogen and oxygen atoms in total. The van der Waals surface area contributed by atoms with E-state index in [1.54, 1.807) is 0 Å². The predicted octanol–water partition coefficient (Wildman–Crippen LogP) is 11.6. The van der Waals surface area contributed by atoms with Crippen molar-refractivity contribution in [2.45, 2.75) is 0 Å². The van der Waals surface area contributed by atoms with E-state index in [4.69, 9.17) is 14.4 Å². The van der Waals surface area contributed by atoms with Crippen LogP contribution in [0.5, 0.6) is 0 Å². The number of furan rings is 1. The molecule has 0 atom stereocenters. The average Bonchev–Trinajstić information content (AvgIpc) is 3.69. The van der Waals surface area contributed by atoms with Crippen LogP contribution in [0, 0.1) is 0 Å². The molecular formula is C44H27N3O. The van der Waals surface area contributed by atoms with Gasteiger partial charge in [0.15, 0.2) is 0 Å². The summed E-state index contributed by atoms with van der Waals surface area (Å²) >= 11 is 0. The lowest BCUT2D eigenvalue weighted by molar-refractivity contribution is 0.669. The number of rotatable bonds is 4. The third-order valence-electron chi connectivity index (χ3n) is 9.40. The Bertz CT molecular complexity index is 2770. The molecule has 3 heterocycles. The van der Waals surface area contributed by atoms with E-state index < -0.39 is 0 Å². The first-order valence-corrected chi connectivity index (χ1v) is 16.2. The third-order valence-corrected chi connectivity index (χ3v) is 9.40. The Labute approximate surface area is 276 Å². The highest BCUT2D eigenvalue weighted by Crippen LogP contribution is 2.41. The van der Waals surface area contributed by atoms with E-state index in [-0.39, 0.29) is 0 Å². The van der Waals surface area contributed by atoms with Crippen molar-refractivity contribution < 1.29 is 4.42 Å². The zero-order valence-corrected chi connectivity index (χ0v) is 25.8. The number of hydrogen-bond donors (Lipinski definition) is 0. The summed E-state index contributed by atoms with van der Waals surface area (Å²) in [5, 5.41) is 6.90. The van der Waals surface area contributed by atoms with Gasteiger partial charge in [-0.2, -0.15) is 0 Å². The largest absolute Gasteiger partial charge is 0.456 e. The molecular weight excluding hydrogens is 587 g/mol. The second-order valence-electron chi connectivity index (χ2n) is 12.2. The molecule has 0 saturated heterocycles. The molecule has 0 aliphatic heterocycles. The van der Waals surface area contributed by atoms with Crippen molar-refractivity contribution in [3.63, 3.8) is 0 Å². The molecule has 4 heteroatoms. The van der Waals surface area contributed by atoms with Crippen LogP contribution in [-0.2, 0) is 0 Å². The summed E-state index contributed by atoms with van der Waals surface area (Å²) in [6, 6.07) is 57.3. The second kappa shape index (κ2) is 10.5. The summed E-state index contributed by atoms with van der Waals surface area (Å²) in [4.78, 5) is 10.6. The molecule has 0 N–H and O–H groups in total. The van der Waals surface area contributed by atoms with Gasteiger partial charge in [0.25, 0.3) is 0 Å². The first-order valence-electron chi connectivity index (χ1n) is 16.2. The number of para-hydroxylation sites is 2. The highest BCUT2D eigenvalue weighted by Gasteiger charge is 2.21. The van der Waals surface area contributed by atoms with E-state index in [9.17, 15) is 0 Å². The van der Waals surface area contributed by atoms with Crippen LogP contribution in [0.25, 0.3) is 94.1 Å². The molecule has 10 rings (SSSR count). The van der Waals surface area contributed by atoms with Gasteiger partial charge in [-0.1, -0.05) is 127 Å². The van der Waals surface area contributed by atoms with Crippen LogP contribution in [0.1, 0.15) is 0 Å². The first-order chi connectivity index (χ1) is 23.8. The Kier molecular flexibility index (Phi) is 5.84. The molecule has 224 valence electrons. The van der Waals surface area contributed by atoms with Gasteiger partial charge in [-0.3, -0.25) is 4.57 Å². The van der Waals surface area contributed by atoms with Crippen LogP contribution >= 0.6 is 0 Å². The van der Waals surface area contributed by atoms with E-state index in [0.29, 0.717) is 5.95 Å². The van der Waals surface area contributed by atoms with Crippen molar-refractivity contribution >= 4 is 54.5 Å². The standard InChI is InChI=1S/C44H27N3O/c1-3-12-28(13-4-1)38-27-39(29-14-5-2-6-15-29)46-44(45-38)47-40-26-31-17-8-7-16-30(31)24-36(40)35-20-11-19-33(43(35)47)32-22-23-42-37(25-32)34-18-9-10-21-41(34)48-42/h1-27H. The molecule has 0 aliphatic rings. The van der Waals surface area contributed by atoms with Crippen LogP contribution in [0.2, 0.25) is 0 Å².